The summed E-state index contributed by atoms with van der Waals surface area (Å²) in [5.74, 6) is -1.20. The lowest BCUT2D eigenvalue weighted by molar-refractivity contribution is -0.143. The number of nitrogens with zero attached hydrogens (tertiary/aromatic N) is 2. The second kappa shape index (κ2) is 8.01. The molecule has 1 aromatic heterocycles. The van der Waals surface area contributed by atoms with E-state index in [9.17, 15) is 14.7 Å². The fourth-order valence-electron chi connectivity index (χ4n) is 3.39. The summed E-state index contributed by atoms with van der Waals surface area (Å²) in [5.41, 5.74) is 1.53. The number of aromatic amines is 1. The molecule has 2 unspecified atom stereocenters. The van der Waals surface area contributed by atoms with Gasteiger partial charge in [0.25, 0.3) is 5.91 Å². The van der Waals surface area contributed by atoms with Crippen molar-refractivity contribution in [2.75, 3.05) is 20.2 Å². The summed E-state index contributed by atoms with van der Waals surface area (Å²) in [6.07, 6.45) is 2.49. The lowest BCUT2D eigenvalue weighted by atomic mass is 9.90. The van der Waals surface area contributed by atoms with Crippen molar-refractivity contribution in [3.8, 4) is 0 Å². The van der Waals surface area contributed by atoms with E-state index in [2.05, 4.69) is 26.1 Å². The fraction of sp³-hybridized carbons (Fsp3) is 0.389. The molecule has 3 rings (SSSR count). The number of halogens is 1. The zero-order valence-electron chi connectivity index (χ0n) is 14.3. The number of amides is 1. The van der Waals surface area contributed by atoms with E-state index in [4.69, 9.17) is 4.74 Å². The summed E-state index contributed by atoms with van der Waals surface area (Å²) < 4.78 is 6.39. The first-order chi connectivity index (χ1) is 12.5. The van der Waals surface area contributed by atoms with E-state index in [1.54, 1.807) is 11.1 Å². The van der Waals surface area contributed by atoms with Gasteiger partial charge in [-0.2, -0.15) is 5.10 Å². The predicted molar refractivity (Wildman–Crippen MR) is 98.0 cm³/mol. The third-order valence-electron chi connectivity index (χ3n) is 4.69. The molecule has 0 radical (unpaired) electrons. The van der Waals surface area contributed by atoms with Gasteiger partial charge in [-0.1, -0.05) is 28.1 Å². The Kier molecular flexibility index (Phi) is 5.73. The van der Waals surface area contributed by atoms with Gasteiger partial charge in [-0.25, -0.2) is 4.79 Å². The van der Waals surface area contributed by atoms with Gasteiger partial charge >= 0.3 is 5.97 Å². The maximum absolute atomic E-state index is 13.0. The molecule has 2 atom stereocenters. The largest absolute Gasteiger partial charge is 0.477 e. The summed E-state index contributed by atoms with van der Waals surface area (Å²) in [6.45, 7) is 1.08. The van der Waals surface area contributed by atoms with Crippen molar-refractivity contribution in [3.05, 3.63) is 51.8 Å². The zero-order chi connectivity index (χ0) is 18.7. The molecule has 1 aromatic carbocycles. The number of benzene rings is 1. The normalized spacial score (nSPS) is 18.5. The SMILES string of the molecule is COC(C(=O)N1CCCC(c2cn[nH]c2C(=O)O)C1)c1ccc(Br)cc1. The molecule has 8 heteroatoms. The Hall–Kier alpha value is -2.19. The van der Waals surface area contributed by atoms with Crippen LogP contribution in [-0.4, -0.2) is 52.3 Å². The lowest BCUT2D eigenvalue weighted by Gasteiger charge is -2.34. The molecule has 1 saturated heterocycles. The first kappa shape index (κ1) is 18.6. The van der Waals surface area contributed by atoms with Crippen LogP contribution in [-0.2, 0) is 9.53 Å². The Morgan fingerprint density at radius 1 is 1.38 bits per heavy atom. The maximum Gasteiger partial charge on any atom is 0.354 e. The van der Waals surface area contributed by atoms with Crippen LogP contribution in [0.3, 0.4) is 0 Å². The van der Waals surface area contributed by atoms with Crippen LogP contribution in [0.2, 0.25) is 0 Å². The Morgan fingerprint density at radius 3 is 2.77 bits per heavy atom. The number of methoxy groups -OCH3 is 1. The van der Waals surface area contributed by atoms with Crippen LogP contribution < -0.4 is 0 Å². The second-order valence-electron chi connectivity index (χ2n) is 6.30. The van der Waals surface area contributed by atoms with Gasteiger partial charge in [-0.05, 0) is 30.5 Å². The first-order valence-corrected chi connectivity index (χ1v) is 9.14. The molecule has 0 aliphatic carbocycles. The number of carboxylic acid groups (broad SMARTS) is 1. The van der Waals surface area contributed by atoms with Gasteiger partial charge < -0.3 is 14.7 Å². The average molecular weight is 422 g/mol. The number of H-pyrrole nitrogens is 1. The number of hydrogen-bond donors (Lipinski definition) is 2. The van der Waals surface area contributed by atoms with Crippen molar-refractivity contribution in [2.45, 2.75) is 24.9 Å². The predicted octanol–water partition coefficient (Wildman–Crippen LogP) is 2.96. The number of hydrogen-bond acceptors (Lipinski definition) is 4. The molecule has 0 saturated carbocycles. The van der Waals surface area contributed by atoms with Gasteiger partial charge in [0.2, 0.25) is 0 Å². The van der Waals surface area contributed by atoms with Gasteiger partial charge in [0.05, 0.1) is 6.20 Å². The summed E-state index contributed by atoms with van der Waals surface area (Å²) in [5, 5.41) is 15.7. The van der Waals surface area contributed by atoms with Gasteiger partial charge in [0, 0.05) is 36.2 Å². The molecule has 1 fully saturated rings. The van der Waals surface area contributed by atoms with Crippen molar-refractivity contribution < 1.29 is 19.4 Å². The Bertz CT molecular complexity index is 790. The van der Waals surface area contributed by atoms with Gasteiger partial charge in [-0.15, -0.1) is 0 Å². The van der Waals surface area contributed by atoms with Gasteiger partial charge in [0.15, 0.2) is 6.10 Å². The fourth-order valence-corrected chi connectivity index (χ4v) is 3.65. The quantitative estimate of drug-likeness (QED) is 0.773. The molecule has 0 bridgehead atoms. The smallest absolute Gasteiger partial charge is 0.354 e. The minimum Gasteiger partial charge on any atom is -0.477 e. The lowest BCUT2D eigenvalue weighted by Crippen LogP contribution is -2.42. The summed E-state index contributed by atoms with van der Waals surface area (Å²) >= 11 is 3.39. The molecule has 26 heavy (non-hydrogen) atoms. The van der Waals surface area contributed by atoms with Crippen molar-refractivity contribution in [1.29, 1.82) is 0 Å². The van der Waals surface area contributed by atoms with Gasteiger partial charge in [-0.3, -0.25) is 9.89 Å². The molecule has 138 valence electrons. The highest BCUT2D eigenvalue weighted by Crippen LogP contribution is 2.31. The third kappa shape index (κ3) is 3.81. The number of aromatic nitrogens is 2. The van der Waals surface area contributed by atoms with Crippen LogP contribution in [0.1, 0.15) is 46.5 Å². The average Bonchev–Trinajstić information content (AvgIpc) is 3.14. The van der Waals surface area contributed by atoms with Crippen molar-refractivity contribution in [3.63, 3.8) is 0 Å². The van der Waals surface area contributed by atoms with Crippen LogP contribution in [0, 0.1) is 0 Å². The number of piperidine rings is 1. The number of rotatable bonds is 5. The highest BCUT2D eigenvalue weighted by Gasteiger charge is 2.32. The monoisotopic (exact) mass is 421 g/mol. The minimum absolute atomic E-state index is 0.0556. The Balaban J connectivity index is 1.77. The van der Waals surface area contributed by atoms with E-state index >= 15 is 0 Å². The number of carbonyl (C=O) groups is 2. The molecule has 7 nitrogen and oxygen atoms in total. The molecule has 1 amide bonds. The van der Waals surface area contributed by atoms with E-state index in [0.717, 1.165) is 22.9 Å². The standard InChI is InChI=1S/C18H20BrN3O4/c1-26-16(11-4-6-13(19)7-5-11)17(23)22-8-2-3-12(10-22)14-9-20-21-15(14)18(24)25/h4-7,9,12,16H,2-3,8,10H2,1H3,(H,20,21)(H,24,25). The molecule has 2 heterocycles. The van der Waals surface area contributed by atoms with Crippen LogP contribution in [0.5, 0.6) is 0 Å². The summed E-state index contributed by atoms with van der Waals surface area (Å²) in [4.78, 5) is 26.1. The van der Waals surface area contributed by atoms with Crippen molar-refractivity contribution in [1.82, 2.24) is 15.1 Å². The molecule has 1 aliphatic heterocycles. The third-order valence-corrected chi connectivity index (χ3v) is 5.22. The highest BCUT2D eigenvalue weighted by molar-refractivity contribution is 9.10. The molecule has 1 aliphatic rings. The number of ether oxygens (including phenoxy) is 1. The maximum atomic E-state index is 13.0. The Labute approximate surface area is 159 Å². The van der Waals surface area contributed by atoms with E-state index in [1.165, 1.54) is 7.11 Å². The Morgan fingerprint density at radius 2 is 2.12 bits per heavy atom. The molecule has 2 N–H and O–H groups in total. The number of likely N-dealkylation sites (tertiary alicyclic amines) is 1. The van der Waals surface area contributed by atoms with Crippen LogP contribution in [0.25, 0.3) is 0 Å². The number of carboxylic acids is 1. The molecule has 2 aromatic rings. The van der Waals surface area contributed by atoms with E-state index < -0.39 is 12.1 Å². The minimum atomic E-state index is -1.04. The highest BCUT2D eigenvalue weighted by atomic mass is 79.9. The van der Waals surface area contributed by atoms with Gasteiger partial charge in [0.1, 0.15) is 5.69 Å². The first-order valence-electron chi connectivity index (χ1n) is 8.35. The molecular weight excluding hydrogens is 402 g/mol. The van der Waals surface area contributed by atoms with E-state index in [0.29, 0.717) is 18.7 Å². The number of nitrogens with one attached hydrogen (secondary N) is 1. The van der Waals surface area contributed by atoms with Crippen LogP contribution >= 0.6 is 15.9 Å². The topological polar surface area (TPSA) is 95.5 Å². The van der Waals surface area contributed by atoms with E-state index in [1.807, 2.05) is 24.3 Å². The van der Waals surface area contributed by atoms with Crippen LogP contribution in [0.15, 0.2) is 34.9 Å². The molecular formula is C18H20BrN3O4. The molecule has 0 spiro atoms. The summed E-state index contributed by atoms with van der Waals surface area (Å²) in [7, 11) is 1.52. The van der Waals surface area contributed by atoms with E-state index in [-0.39, 0.29) is 17.5 Å². The van der Waals surface area contributed by atoms with Crippen molar-refractivity contribution >= 4 is 27.8 Å². The van der Waals surface area contributed by atoms with Crippen molar-refractivity contribution in [2.24, 2.45) is 0 Å². The second-order valence-corrected chi connectivity index (χ2v) is 7.21. The number of aromatic carboxylic acids is 1. The van der Waals surface area contributed by atoms with Crippen LogP contribution in [0.4, 0.5) is 0 Å². The summed E-state index contributed by atoms with van der Waals surface area (Å²) in [6, 6.07) is 7.46. The zero-order valence-corrected chi connectivity index (χ0v) is 15.9. The number of carbonyl (C=O) groups excluding carboxylic acids is 1.